The smallest absolute Gasteiger partial charge is 0.198 e. The lowest BCUT2D eigenvalue weighted by molar-refractivity contribution is 0.318. The molecule has 0 atom stereocenters. The van der Waals surface area contributed by atoms with Crippen LogP contribution < -0.4 is 4.74 Å². The van der Waals surface area contributed by atoms with Crippen molar-refractivity contribution in [2.75, 3.05) is 12.5 Å². The van der Waals surface area contributed by atoms with E-state index in [0.29, 0.717) is 18.1 Å². The van der Waals surface area contributed by atoms with Gasteiger partial charge in [-0.1, -0.05) is 18.2 Å². The van der Waals surface area contributed by atoms with Crippen LogP contribution >= 0.6 is 11.6 Å². The van der Waals surface area contributed by atoms with Crippen molar-refractivity contribution in [2.24, 2.45) is 4.99 Å². The maximum absolute atomic E-state index is 10.00. The van der Waals surface area contributed by atoms with Gasteiger partial charge in [0.2, 0.25) is 0 Å². The van der Waals surface area contributed by atoms with E-state index >= 15 is 0 Å². The summed E-state index contributed by atoms with van der Waals surface area (Å²) in [6, 6.07) is 15.2. The lowest BCUT2D eigenvalue weighted by Crippen LogP contribution is -1.97. The highest BCUT2D eigenvalue weighted by molar-refractivity contribution is 6.17. The number of ether oxygens (including phenoxy) is 1. The quantitative estimate of drug-likeness (QED) is 0.393. The van der Waals surface area contributed by atoms with Gasteiger partial charge in [-0.05, 0) is 36.8 Å². The van der Waals surface area contributed by atoms with Crippen LogP contribution in [0.1, 0.15) is 12.0 Å². The zero-order valence-electron chi connectivity index (χ0n) is 12.5. The number of H-pyrrole nitrogens is 1. The molecule has 0 bridgehead atoms. The van der Waals surface area contributed by atoms with E-state index in [-0.39, 0.29) is 5.88 Å². The van der Waals surface area contributed by atoms with Crippen LogP contribution in [0.5, 0.6) is 11.6 Å². The number of aromatic hydroxyl groups is 1. The fourth-order valence-electron chi connectivity index (χ4n) is 2.29. The predicted octanol–water partition coefficient (Wildman–Crippen LogP) is 4.63. The standard InChI is InChI=1S/C18H17ClN2O2/c19-10-3-11-23-14-8-6-13(7-9-14)20-12-16-15-4-1-2-5-17(15)21-18(16)22/h1-2,4-9,12,21-22H,3,10-11H2. The largest absolute Gasteiger partial charge is 0.494 e. The first kappa shape index (κ1) is 15.4. The van der Waals surface area contributed by atoms with Crippen LogP contribution in [0.25, 0.3) is 10.9 Å². The number of aromatic amines is 1. The number of hydrogen-bond donors (Lipinski definition) is 2. The number of alkyl halides is 1. The number of halogens is 1. The molecule has 0 aliphatic rings. The van der Waals surface area contributed by atoms with E-state index in [0.717, 1.165) is 28.8 Å². The number of benzene rings is 2. The van der Waals surface area contributed by atoms with Gasteiger partial charge in [0, 0.05) is 23.0 Å². The van der Waals surface area contributed by atoms with Gasteiger partial charge in [0.25, 0.3) is 0 Å². The first-order valence-corrected chi connectivity index (χ1v) is 7.94. The van der Waals surface area contributed by atoms with Crippen molar-refractivity contribution in [3.63, 3.8) is 0 Å². The van der Waals surface area contributed by atoms with Gasteiger partial charge >= 0.3 is 0 Å². The van der Waals surface area contributed by atoms with Crippen molar-refractivity contribution in [1.29, 1.82) is 0 Å². The number of aromatic nitrogens is 1. The first-order chi connectivity index (χ1) is 11.3. The fourth-order valence-corrected chi connectivity index (χ4v) is 2.40. The molecule has 0 unspecified atom stereocenters. The average molecular weight is 329 g/mol. The third-order valence-corrected chi connectivity index (χ3v) is 3.72. The molecule has 23 heavy (non-hydrogen) atoms. The van der Waals surface area contributed by atoms with Crippen LogP contribution in [0.15, 0.2) is 53.5 Å². The van der Waals surface area contributed by atoms with Gasteiger partial charge in [-0.15, -0.1) is 11.6 Å². The molecule has 4 nitrogen and oxygen atoms in total. The van der Waals surface area contributed by atoms with Crippen LogP contribution in [0.3, 0.4) is 0 Å². The van der Waals surface area contributed by atoms with Gasteiger partial charge in [0.1, 0.15) is 5.75 Å². The molecule has 3 rings (SSSR count). The minimum atomic E-state index is 0.121. The molecule has 0 aliphatic heterocycles. The van der Waals surface area contributed by atoms with Gasteiger partial charge in [-0.25, -0.2) is 0 Å². The van der Waals surface area contributed by atoms with E-state index in [1.165, 1.54) is 0 Å². The minimum absolute atomic E-state index is 0.121. The van der Waals surface area contributed by atoms with Crippen molar-refractivity contribution in [3.05, 3.63) is 54.1 Å². The normalized spacial score (nSPS) is 11.3. The van der Waals surface area contributed by atoms with Gasteiger partial charge < -0.3 is 14.8 Å². The molecule has 0 saturated heterocycles. The second-order valence-electron chi connectivity index (χ2n) is 5.08. The second kappa shape index (κ2) is 7.20. The first-order valence-electron chi connectivity index (χ1n) is 7.40. The summed E-state index contributed by atoms with van der Waals surface area (Å²) >= 11 is 5.62. The summed E-state index contributed by atoms with van der Waals surface area (Å²) in [7, 11) is 0. The van der Waals surface area contributed by atoms with Gasteiger partial charge in [0.05, 0.1) is 17.9 Å². The SMILES string of the molecule is Oc1[nH]c2ccccc2c1C=Nc1ccc(OCCCCl)cc1. The Bertz CT molecular complexity index is 810. The van der Waals surface area contributed by atoms with E-state index in [2.05, 4.69) is 9.98 Å². The van der Waals surface area contributed by atoms with Crippen LogP contribution in [0, 0.1) is 0 Å². The van der Waals surface area contributed by atoms with E-state index in [4.69, 9.17) is 16.3 Å². The highest BCUT2D eigenvalue weighted by atomic mass is 35.5. The molecule has 1 aromatic heterocycles. The van der Waals surface area contributed by atoms with Gasteiger partial charge in [0.15, 0.2) is 5.88 Å². The van der Waals surface area contributed by atoms with Crippen LogP contribution in [0.4, 0.5) is 5.69 Å². The maximum atomic E-state index is 10.00. The Hall–Kier alpha value is -2.46. The van der Waals surface area contributed by atoms with E-state index in [9.17, 15) is 5.11 Å². The highest BCUT2D eigenvalue weighted by Gasteiger charge is 2.07. The van der Waals surface area contributed by atoms with Gasteiger partial charge in [-0.3, -0.25) is 4.99 Å². The number of para-hydroxylation sites is 1. The van der Waals surface area contributed by atoms with Crippen molar-refractivity contribution < 1.29 is 9.84 Å². The number of hydrogen-bond acceptors (Lipinski definition) is 3. The molecule has 3 aromatic rings. The molecule has 0 aliphatic carbocycles. The zero-order chi connectivity index (χ0) is 16.1. The summed E-state index contributed by atoms with van der Waals surface area (Å²) in [5.74, 6) is 1.51. The lowest BCUT2D eigenvalue weighted by Gasteiger charge is -2.04. The third-order valence-electron chi connectivity index (χ3n) is 3.45. The predicted molar refractivity (Wildman–Crippen MR) is 94.5 cm³/mol. The molecule has 5 heteroatoms. The van der Waals surface area contributed by atoms with Gasteiger partial charge in [-0.2, -0.15) is 0 Å². The number of rotatable bonds is 6. The molecular formula is C18H17ClN2O2. The summed E-state index contributed by atoms with van der Waals surface area (Å²) < 4.78 is 5.55. The molecule has 1 heterocycles. The summed E-state index contributed by atoms with van der Waals surface area (Å²) in [6.07, 6.45) is 2.48. The van der Waals surface area contributed by atoms with Crippen molar-refractivity contribution in [1.82, 2.24) is 4.98 Å². The van der Waals surface area contributed by atoms with Crippen LogP contribution in [-0.4, -0.2) is 28.8 Å². The number of nitrogens with one attached hydrogen (secondary N) is 1. The van der Waals surface area contributed by atoms with Crippen molar-refractivity contribution in [2.45, 2.75) is 6.42 Å². The van der Waals surface area contributed by atoms with E-state index < -0.39 is 0 Å². The minimum Gasteiger partial charge on any atom is -0.494 e. The summed E-state index contributed by atoms with van der Waals surface area (Å²) in [5.41, 5.74) is 2.36. The average Bonchev–Trinajstić information content (AvgIpc) is 2.90. The van der Waals surface area contributed by atoms with E-state index in [1.807, 2.05) is 48.5 Å². The highest BCUT2D eigenvalue weighted by Crippen LogP contribution is 2.26. The fraction of sp³-hybridized carbons (Fsp3) is 0.167. The van der Waals surface area contributed by atoms with Crippen LogP contribution in [0.2, 0.25) is 0 Å². The molecule has 0 radical (unpaired) electrons. The van der Waals surface area contributed by atoms with E-state index in [1.54, 1.807) is 6.21 Å². The monoisotopic (exact) mass is 328 g/mol. The number of nitrogens with zero attached hydrogens (tertiary/aromatic N) is 1. The molecule has 0 spiro atoms. The zero-order valence-corrected chi connectivity index (χ0v) is 13.3. The molecular weight excluding hydrogens is 312 g/mol. The van der Waals surface area contributed by atoms with Crippen molar-refractivity contribution in [3.8, 4) is 11.6 Å². The Balaban J connectivity index is 1.75. The molecule has 0 saturated carbocycles. The van der Waals surface area contributed by atoms with Crippen LogP contribution in [-0.2, 0) is 0 Å². The topological polar surface area (TPSA) is 57.6 Å². The molecule has 0 fully saturated rings. The van der Waals surface area contributed by atoms with Crippen molar-refractivity contribution >= 4 is 34.4 Å². The third kappa shape index (κ3) is 3.66. The number of fused-ring (bicyclic) bond motifs is 1. The molecule has 118 valence electrons. The number of aliphatic imine (C=N–C) groups is 1. The Morgan fingerprint density at radius 1 is 1.13 bits per heavy atom. The Labute approximate surface area is 139 Å². The molecule has 2 N–H and O–H groups in total. The summed E-state index contributed by atoms with van der Waals surface area (Å²) in [6.45, 7) is 0.606. The molecule has 0 amide bonds. The Morgan fingerprint density at radius 3 is 2.70 bits per heavy atom. The Morgan fingerprint density at radius 2 is 1.91 bits per heavy atom. The summed E-state index contributed by atoms with van der Waals surface area (Å²) in [5, 5.41) is 10.9. The molecule has 2 aromatic carbocycles. The second-order valence-corrected chi connectivity index (χ2v) is 5.45. The Kier molecular flexibility index (Phi) is 4.83. The summed E-state index contributed by atoms with van der Waals surface area (Å²) in [4.78, 5) is 7.35. The lowest BCUT2D eigenvalue weighted by atomic mass is 10.2. The maximum Gasteiger partial charge on any atom is 0.198 e.